The van der Waals surface area contributed by atoms with E-state index >= 15 is 0 Å². The summed E-state index contributed by atoms with van der Waals surface area (Å²) in [5.74, 6) is -0.679. The average molecular weight is 272 g/mol. The van der Waals surface area contributed by atoms with E-state index < -0.39 is 5.97 Å². The van der Waals surface area contributed by atoms with Crippen molar-refractivity contribution in [1.82, 2.24) is 0 Å². The molecular weight excluding hydrogens is 240 g/mol. The van der Waals surface area contributed by atoms with E-state index in [1.165, 1.54) is 32.1 Å². The van der Waals surface area contributed by atoms with Gasteiger partial charge in [-0.25, -0.2) is 0 Å². The molecule has 0 bridgehead atoms. The number of carbonyl (C=O) groups is 1. The summed E-state index contributed by atoms with van der Waals surface area (Å²) in [6, 6.07) is 0. The van der Waals surface area contributed by atoms with Crippen LogP contribution in [0.1, 0.15) is 90.4 Å². The van der Waals surface area contributed by atoms with E-state index in [2.05, 4.69) is 6.92 Å². The van der Waals surface area contributed by atoms with Crippen molar-refractivity contribution in [2.45, 2.75) is 96.5 Å². The first kappa shape index (κ1) is 18.4. The normalized spacial score (nSPS) is 12.5. The number of aliphatic carboxylic acids is 1. The van der Waals surface area contributed by atoms with Crippen LogP contribution in [0.25, 0.3) is 0 Å². The highest BCUT2D eigenvalue weighted by molar-refractivity contribution is 5.66. The van der Waals surface area contributed by atoms with Gasteiger partial charge in [-0.1, -0.05) is 64.7 Å². The van der Waals surface area contributed by atoms with Gasteiger partial charge in [-0.15, -0.1) is 0 Å². The predicted octanol–water partition coefficient (Wildman–Crippen LogP) is 4.52. The van der Waals surface area contributed by atoms with Crippen LogP contribution in [0.4, 0.5) is 0 Å². The molecule has 2 N–H and O–H groups in total. The molecule has 0 aliphatic carbocycles. The van der Waals surface area contributed by atoms with E-state index in [1.807, 2.05) is 0 Å². The van der Waals surface area contributed by atoms with Gasteiger partial charge < -0.3 is 10.2 Å². The van der Waals surface area contributed by atoms with E-state index in [0.717, 1.165) is 44.9 Å². The van der Waals surface area contributed by atoms with Crippen LogP contribution in [0.2, 0.25) is 0 Å². The molecule has 3 heteroatoms. The number of unbranched alkanes of at least 4 members (excludes halogenated alkanes) is 8. The minimum atomic E-state index is -0.679. The Morgan fingerprint density at radius 1 is 0.842 bits per heavy atom. The predicted molar refractivity (Wildman–Crippen MR) is 79.3 cm³/mol. The van der Waals surface area contributed by atoms with Crippen molar-refractivity contribution in [1.29, 1.82) is 0 Å². The van der Waals surface area contributed by atoms with Gasteiger partial charge in [0.15, 0.2) is 0 Å². The molecule has 0 heterocycles. The number of carboxylic acid groups (broad SMARTS) is 1. The molecule has 0 aromatic carbocycles. The monoisotopic (exact) mass is 272 g/mol. The van der Waals surface area contributed by atoms with E-state index in [0.29, 0.717) is 6.42 Å². The molecule has 0 aromatic heterocycles. The summed E-state index contributed by atoms with van der Waals surface area (Å²) in [6.07, 6.45) is 13.5. The number of aliphatic hydroxyl groups excluding tert-OH is 1. The summed E-state index contributed by atoms with van der Waals surface area (Å²) in [4.78, 5) is 10.3. The topological polar surface area (TPSA) is 57.5 Å². The van der Waals surface area contributed by atoms with Crippen LogP contribution in [-0.2, 0) is 4.79 Å². The Labute approximate surface area is 118 Å². The second kappa shape index (κ2) is 13.9. The Kier molecular flexibility index (Phi) is 13.4. The van der Waals surface area contributed by atoms with Gasteiger partial charge in [-0.3, -0.25) is 4.79 Å². The lowest BCUT2D eigenvalue weighted by atomic mass is 10.0. The van der Waals surface area contributed by atoms with Crippen LogP contribution >= 0.6 is 0 Å². The van der Waals surface area contributed by atoms with Crippen LogP contribution in [0, 0.1) is 0 Å². The zero-order valence-electron chi connectivity index (χ0n) is 12.6. The first-order valence-corrected chi connectivity index (χ1v) is 8.06. The fourth-order valence-electron chi connectivity index (χ4n) is 2.30. The lowest BCUT2D eigenvalue weighted by molar-refractivity contribution is -0.137. The molecule has 114 valence electrons. The van der Waals surface area contributed by atoms with Gasteiger partial charge in [-0.05, 0) is 19.3 Å². The molecule has 1 atom stereocenters. The number of hydrogen-bond acceptors (Lipinski definition) is 2. The van der Waals surface area contributed by atoms with Crippen molar-refractivity contribution in [3.05, 3.63) is 0 Å². The van der Waals surface area contributed by atoms with Gasteiger partial charge in [-0.2, -0.15) is 0 Å². The molecule has 19 heavy (non-hydrogen) atoms. The van der Waals surface area contributed by atoms with Gasteiger partial charge in [0.1, 0.15) is 0 Å². The minimum absolute atomic E-state index is 0.0871. The van der Waals surface area contributed by atoms with Crippen molar-refractivity contribution in [2.24, 2.45) is 0 Å². The van der Waals surface area contributed by atoms with Crippen LogP contribution in [-0.4, -0.2) is 22.3 Å². The highest BCUT2D eigenvalue weighted by atomic mass is 16.4. The molecule has 0 saturated heterocycles. The van der Waals surface area contributed by atoms with Crippen LogP contribution in [0.3, 0.4) is 0 Å². The molecule has 0 spiro atoms. The molecule has 0 radical (unpaired) electrons. The van der Waals surface area contributed by atoms with Crippen molar-refractivity contribution >= 4 is 5.97 Å². The third-order valence-corrected chi connectivity index (χ3v) is 3.57. The fraction of sp³-hybridized carbons (Fsp3) is 0.938. The summed E-state index contributed by atoms with van der Waals surface area (Å²) in [5, 5.41) is 18.2. The van der Waals surface area contributed by atoms with Crippen molar-refractivity contribution in [3.63, 3.8) is 0 Å². The second-order valence-corrected chi connectivity index (χ2v) is 5.56. The second-order valence-electron chi connectivity index (χ2n) is 5.56. The van der Waals surface area contributed by atoms with Gasteiger partial charge in [0, 0.05) is 6.42 Å². The smallest absolute Gasteiger partial charge is 0.303 e. The summed E-state index contributed by atoms with van der Waals surface area (Å²) in [7, 11) is 0. The summed E-state index contributed by atoms with van der Waals surface area (Å²) in [5.41, 5.74) is 0. The van der Waals surface area contributed by atoms with E-state index in [-0.39, 0.29) is 6.10 Å². The van der Waals surface area contributed by atoms with Crippen LogP contribution in [0.5, 0.6) is 0 Å². The average Bonchev–Trinajstić information content (AvgIpc) is 2.38. The Morgan fingerprint density at radius 2 is 1.32 bits per heavy atom. The van der Waals surface area contributed by atoms with Crippen LogP contribution < -0.4 is 0 Å². The van der Waals surface area contributed by atoms with Crippen LogP contribution in [0.15, 0.2) is 0 Å². The Hall–Kier alpha value is -0.570. The van der Waals surface area contributed by atoms with Crippen molar-refractivity contribution < 1.29 is 15.0 Å². The van der Waals surface area contributed by atoms with Gasteiger partial charge in [0.25, 0.3) is 0 Å². The number of hydrogen-bond donors (Lipinski definition) is 2. The third kappa shape index (κ3) is 15.4. The Morgan fingerprint density at radius 3 is 1.84 bits per heavy atom. The zero-order chi connectivity index (χ0) is 14.3. The summed E-state index contributed by atoms with van der Waals surface area (Å²) >= 11 is 0. The minimum Gasteiger partial charge on any atom is -0.481 e. The number of rotatable bonds is 14. The van der Waals surface area contributed by atoms with Crippen molar-refractivity contribution in [2.75, 3.05) is 0 Å². The summed E-state index contributed by atoms with van der Waals surface area (Å²) < 4.78 is 0. The maximum atomic E-state index is 10.3. The zero-order valence-corrected chi connectivity index (χ0v) is 12.6. The van der Waals surface area contributed by atoms with Gasteiger partial charge in [0.2, 0.25) is 0 Å². The Bertz CT molecular complexity index is 204. The van der Waals surface area contributed by atoms with Crippen molar-refractivity contribution in [3.8, 4) is 0 Å². The maximum Gasteiger partial charge on any atom is 0.303 e. The van der Waals surface area contributed by atoms with E-state index in [9.17, 15) is 9.90 Å². The standard InChI is InChI=1S/C16H32O3/c1-2-3-12-15(17)13-10-8-6-4-5-7-9-11-14-16(18)19/h15,17H,2-14H2,1H3,(H,18,19)/t15-/m1/s1. The highest BCUT2D eigenvalue weighted by Gasteiger charge is 2.02. The third-order valence-electron chi connectivity index (χ3n) is 3.57. The largest absolute Gasteiger partial charge is 0.481 e. The SMILES string of the molecule is CCCC[C@@H](O)CCCCCCCCCCC(=O)O. The molecule has 0 aromatic rings. The molecule has 0 aliphatic heterocycles. The van der Waals surface area contributed by atoms with E-state index in [4.69, 9.17) is 5.11 Å². The molecule has 0 fully saturated rings. The first-order valence-electron chi connectivity index (χ1n) is 8.06. The quantitative estimate of drug-likeness (QED) is 0.457. The maximum absolute atomic E-state index is 10.3. The fourth-order valence-corrected chi connectivity index (χ4v) is 2.30. The molecular formula is C16H32O3. The summed E-state index contributed by atoms with van der Waals surface area (Å²) in [6.45, 7) is 2.16. The number of carboxylic acids is 1. The number of aliphatic hydroxyl groups is 1. The molecule has 0 rings (SSSR count). The van der Waals surface area contributed by atoms with Gasteiger partial charge >= 0.3 is 5.97 Å². The first-order chi connectivity index (χ1) is 9.16. The molecule has 0 amide bonds. The molecule has 3 nitrogen and oxygen atoms in total. The lowest BCUT2D eigenvalue weighted by Crippen LogP contribution is -2.05. The van der Waals surface area contributed by atoms with Gasteiger partial charge in [0.05, 0.1) is 6.10 Å². The molecule has 0 aliphatic rings. The lowest BCUT2D eigenvalue weighted by Gasteiger charge is -2.09. The van der Waals surface area contributed by atoms with E-state index in [1.54, 1.807) is 0 Å². The molecule has 0 unspecified atom stereocenters. The Balaban J connectivity index is 3.08. The highest BCUT2D eigenvalue weighted by Crippen LogP contribution is 2.13. The molecule has 0 saturated carbocycles.